The molecule has 0 aliphatic rings. The molecule has 202 valence electrons. The van der Waals surface area contributed by atoms with Crippen LogP contribution in [0, 0.1) is 0 Å². The van der Waals surface area contributed by atoms with Gasteiger partial charge in [-0.1, -0.05) is 12.1 Å². The highest BCUT2D eigenvalue weighted by atomic mass is 16.5. The maximum atomic E-state index is 12.2. The second-order valence-electron chi connectivity index (χ2n) is 8.22. The first-order valence-electron chi connectivity index (χ1n) is 12.1. The molecule has 0 saturated heterocycles. The average Bonchev–Trinajstić information content (AvgIpc) is 2.93. The number of benzene rings is 3. The van der Waals surface area contributed by atoms with Gasteiger partial charge in [0.25, 0.3) is 0 Å². The standard InChI is InChI=1S/C28H34N4O6/c1-35-23-11-5-19(17-25(23)37-3)13-15-29-27(33)31-21-7-9-22(10-8-21)32-28(34)30-16-14-20-6-12-24(36-2)26(18-20)38-4/h5-12,17-18H,13-16H2,1-4H3,(H2,29,31,33)(H2,30,32,34). The van der Waals surface area contributed by atoms with Crippen LogP contribution in [-0.4, -0.2) is 53.6 Å². The highest BCUT2D eigenvalue weighted by Crippen LogP contribution is 2.28. The first kappa shape index (κ1) is 28.0. The Morgan fingerprint density at radius 1 is 0.553 bits per heavy atom. The van der Waals surface area contributed by atoms with E-state index in [0.29, 0.717) is 60.3 Å². The fourth-order valence-electron chi connectivity index (χ4n) is 3.70. The van der Waals surface area contributed by atoms with Crippen LogP contribution in [0.5, 0.6) is 23.0 Å². The first-order valence-corrected chi connectivity index (χ1v) is 12.1. The predicted octanol–water partition coefficient (Wildman–Crippen LogP) is 4.45. The summed E-state index contributed by atoms with van der Waals surface area (Å²) in [5.41, 5.74) is 3.24. The number of rotatable bonds is 12. The molecule has 3 rings (SSSR count). The molecule has 0 radical (unpaired) electrons. The van der Waals surface area contributed by atoms with Crippen LogP contribution in [0.15, 0.2) is 60.7 Å². The molecule has 0 saturated carbocycles. The minimum absolute atomic E-state index is 0.320. The molecule has 0 heterocycles. The zero-order valence-corrected chi connectivity index (χ0v) is 22.1. The summed E-state index contributed by atoms with van der Waals surface area (Å²) in [6.45, 7) is 0.898. The summed E-state index contributed by atoms with van der Waals surface area (Å²) in [4.78, 5) is 24.5. The fraction of sp³-hybridized carbons (Fsp3) is 0.286. The molecule has 0 aliphatic heterocycles. The molecule has 0 spiro atoms. The largest absolute Gasteiger partial charge is 0.493 e. The van der Waals surface area contributed by atoms with Gasteiger partial charge in [0.15, 0.2) is 23.0 Å². The number of carbonyl (C=O) groups excluding carboxylic acids is 2. The zero-order valence-electron chi connectivity index (χ0n) is 22.1. The van der Waals surface area contributed by atoms with Crippen molar-refractivity contribution in [3.63, 3.8) is 0 Å². The van der Waals surface area contributed by atoms with Crippen molar-refractivity contribution < 1.29 is 28.5 Å². The van der Waals surface area contributed by atoms with Gasteiger partial charge in [0.2, 0.25) is 0 Å². The van der Waals surface area contributed by atoms with Crippen LogP contribution in [0.1, 0.15) is 11.1 Å². The molecule has 0 aliphatic carbocycles. The lowest BCUT2D eigenvalue weighted by Crippen LogP contribution is -2.31. The Labute approximate surface area is 222 Å². The third kappa shape index (κ3) is 8.22. The van der Waals surface area contributed by atoms with Crippen molar-refractivity contribution in [3.05, 3.63) is 71.8 Å². The van der Waals surface area contributed by atoms with Gasteiger partial charge < -0.3 is 40.2 Å². The lowest BCUT2D eigenvalue weighted by atomic mass is 10.1. The monoisotopic (exact) mass is 522 g/mol. The topological polar surface area (TPSA) is 119 Å². The lowest BCUT2D eigenvalue weighted by Gasteiger charge is -2.12. The van der Waals surface area contributed by atoms with Gasteiger partial charge in [-0.15, -0.1) is 0 Å². The number of amides is 4. The fourth-order valence-corrected chi connectivity index (χ4v) is 3.70. The molecule has 3 aromatic rings. The van der Waals surface area contributed by atoms with Crippen molar-refractivity contribution in [1.29, 1.82) is 0 Å². The summed E-state index contributed by atoms with van der Waals surface area (Å²) in [5, 5.41) is 11.2. The Morgan fingerprint density at radius 3 is 1.26 bits per heavy atom. The number of urea groups is 2. The number of hydrogen-bond acceptors (Lipinski definition) is 6. The van der Waals surface area contributed by atoms with E-state index in [1.807, 2.05) is 36.4 Å². The molecule has 0 atom stereocenters. The van der Waals surface area contributed by atoms with Crippen molar-refractivity contribution in [1.82, 2.24) is 10.6 Å². The molecule has 3 aromatic carbocycles. The average molecular weight is 523 g/mol. The van der Waals surface area contributed by atoms with Gasteiger partial charge in [-0.3, -0.25) is 0 Å². The van der Waals surface area contributed by atoms with E-state index in [2.05, 4.69) is 21.3 Å². The first-order chi connectivity index (χ1) is 18.4. The van der Waals surface area contributed by atoms with Gasteiger partial charge >= 0.3 is 12.1 Å². The number of hydrogen-bond donors (Lipinski definition) is 4. The van der Waals surface area contributed by atoms with Gasteiger partial charge in [0.1, 0.15) is 0 Å². The second-order valence-corrected chi connectivity index (χ2v) is 8.22. The van der Waals surface area contributed by atoms with E-state index in [9.17, 15) is 9.59 Å². The summed E-state index contributed by atoms with van der Waals surface area (Å²) in [5.74, 6) is 2.61. The zero-order chi connectivity index (χ0) is 27.3. The molecule has 10 nitrogen and oxygen atoms in total. The molecule has 0 aromatic heterocycles. The van der Waals surface area contributed by atoms with Crippen molar-refractivity contribution in [2.75, 3.05) is 52.2 Å². The summed E-state index contributed by atoms with van der Waals surface area (Å²) in [7, 11) is 6.35. The van der Waals surface area contributed by atoms with E-state index in [-0.39, 0.29) is 12.1 Å². The van der Waals surface area contributed by atoms with Crippen LogP contribution >= 0.6 is 0 Å². The third-order valence-electron chi connectivity index (χ3n) is 5.70. The molecule has 4 amide bonds. The number of nitrogens with one attached hydrogen (secondary N) is 4. The van der Waals surface area contributed by atoms with E-state index < -0.39 is 0 Å². The molecule has 0 bridgehead atoms. The smallest absolute Gasteiger partial charge is 0.319 e. The predicted molar refractivity (Wildman–Crippen MR) is 147 cm³/mol. The highest BCUT2D eigenvalue weighted by molar-refractivity contribution is 5.91. The van der Waals surface area contributed by atoms with Gasteiger partial charge in [0, 0.05) is 24.5 Å². The number of methoxy groups -OCH3 is 4. The van der Waals surface area contributed by atoms with Crippen LogP contribution in [0.3, 0.4) is 0 Å². The summed E-state index contributed by atoms with van der Waals surface area (Å²) in [6, 6.07) is 17.5. The summed E-state index contributed by atoms with van der Waals surface area (Å²) in [6.07, 6.45) is 1.27. The SMILES string of the molecule is COc1ccc(CCNC(=O)Nc2ccc(NC(=O)NCCc3ccc(OC)c(OC)c3)cc2)cc1OC. The van der Waals surface area contributed by atoms with Gasteiger partial charge in [0.05, 0.1) is 28.4 Å². The summed E-state index contributed by atoms with van der Waals surface area (Å²) >= 11 is 0. The van der Waals surface area contributed by atoms with Gasteiger partial charge in [-0.2, -0.15) is 0 Å². The van der Waals surface area contributed by atoms with Crippen molar-refractivity contribution in [3.8, 4) is 23.0 Å². The van der Waals surface area contributed by atoms with Crippen LogP contribution in [0.4, 0.5) is 21.0 Å². The molecule has 38 heavy (non-hydrogen) atoms. The molecular formula is C28H34N4O6. The van der Waals surface area contributed by atoms with E-state index >= 15 is 0 Å². The number of carbonyl (C=O) groups is 2. The Hall–Kier alpha value is -4.60. The third-order valence-corrected chi connectivity index (χ3v) is 5.70. The minimum atomic E-state index is -0.320. The van der Waals surface area contributed by atoms with E-state index in [1.54, 1.807) is 52.7 Å². The molecule has 0 fully saturated rings. The summed E-state index contributed by atoms with van der Waals surface area (Å²) < 4.78 is 21.1. The maximum Gasteiger partial charge on any atom is 0.319 e. The van der Waals surface area contributed by atoms with Crippen LogP contribution in [-0.2, 0) is 12.8 Å². The van der Waals surface area contributed by atoms with Crippen molar-refractivity contribution in [2.45, 2.75) is 12.8 Å². The van der Waals surface area contributed by atoms with Crippen LogP contribution in [0.2, 0.25) is 0 Å². The second kappa shape index (κ2) is 14.2. The quantitative estimate of drug-likeness (QED) is 0.279. The Morgan fingerprint density at radius 2 is 0.921 bits per heavy atom. The van der Waals surface area contributed by atoms with Crippen molar-refractivity contribution >= 4 is 23.4 Å². The minimum Gasteiger partial charge on any atom is -0.493 e. The van der Waals surface area contributed by atoms with Gasteiger partial charge in [-0.05, 0) is 72.5 Å². The Kier molecular flexibility index (Phi) is 10.5. The Balaban J connectivity index is 1.38. The van der Waals surface area contributed by atoms with Crippen molar-refractivity contribution in [2.24, 2.45) is 0 Å². The van der Waals surface area contributed by atoms with E-state index in [1.165, 1.54) is 0 Å². The molecule has 0 unspecified atom stereocenters. The highest BCUT2D eigenvalue weighted by Gasteiger charge is 2.08. The van der Waals surface area contributed by atoms with Crippen LogP contribution in [0.25, 0.3) is 0 Å². The molecular weight excluding hydrogens is 488 g/mol. The number of ether oxygens (including phenoxy) is 4. The van der Waals surface area contributed by atoms with E-state index in [4.69, 9.17) is 18.9 Å². The van der Waals surface area contributed by atoms with Gasteiger partial charge in [-0.25, -0.2) is 9.59 Å². The normalized spacial score (nSPS) is 10.2. The maximum absolute atomic E-state index is 12.2. The molecule has 10 heteroatoms. The van der Waals surface area contributed by atoms with E-state index in [0.717, 1.165) is 11.1 Å². The molecule has 4 N–H and O–H groups in total. The lowest BCUT2D eigenvalue weighted by molar-refractivity contribution is 0.251. The van der Waals surface area contributed by atoms with Crippen LogP contribution < -0.4 is 40.2 Å². The Bertz CT molecular complexity index is 1120. The number of anilines is 2.